The highest BCUT2D eigenvalue weighted by Crippen LogP contribution is 2.21. The van der Waals surface area contributed by atoms with E-state index in [1.54, 1.807) is 6.92 Å². The normalized spacial score (nSPS) is 22.9. The smallest absolute Gasteiger partial charge is 0.307 e. The van der Waals surface area contributed by atoms with Crippen LogP contribution < -0.4 is 4.72 Å². The monoisotopic (exact) mass is 299 g/mol. The van der Waals surface area contributed by atoms with Crippen LogP contribution in [0.3, 0.4) is 0 Å². The third-order valence-corrected chi connectivity index (χ3v) is 4.84. The Bertz CT molecular complexity index is 588. The van der Waals surface area contributed by atoms with E-state index in [-0.39, 0.29) is 11.3 Å². The molecule has 1 heterocycles. The van der Waals surface area contributed by atoms with E-state index < -0.39 is 21.5 Å². The van der Waals surface area contributed by atoms with Crippen molar-refractivity contribution in [3.63, 3.8) is 0 Å². The number of hydrogen-bond donors (Lipinski definition) is 2. The topological polar surface area (TPSA) is 92.7 Å². The van der Waals surface area contributed by atoms with Crippen molar-refractivity contribution in [3.8, 4) is 0 Å². The van der Waals surface area contributed by atoms with Crippen molar-refractivity contribution in [3.05, 3.63) is 29.8 Å². The number of carbonyl (C=O) groups is 1. The van der Waals surface area contributed by atoms with Crippen LogP contribution in [0.15, 0.2) is 29.2 Å². The average molecular weight is 299 g/mol. The highest BCUT2D eigenvalue weighted by molar-refractivity contribution is 7.89. The van der Waals surface area contributed by atoms with Crippen LogP contribution in [0.5, 0.6) is 0 Å². The van der Waals surface area contributed by atoms with E-state index in [9.17, 15) is 13.2 Å². The van der Waals surface area contributed by atoms with Gasteiger partial charge in [-0.25, -0.2) is 13.1 Å². The van der Waals surface area contributed by atoms with Crippen molar-refractivity contribution in [2.45, 2.75) is 30.2 Å². The van der Waals surface area contributed by atoms with Crippen molar-refractivity contribution in [2.75, 3.05) is 13.2 Å². The minimum Gasteiger partial charge on any atom is -0.481 e. The SMILES string of the molecule is CC1(NS(=O)(=O)c2ccc(CC(=O)O)cc2)CCOC1. The Hall–Kier alpha value is -1.44. The minimum absolute atomic E-state index is 0.125. The van der Waals surface area contributed by atoms with Crippen molar-refractivity contribution in [2.24, 2.45) is 0 Å². The molecule has 0 saturated carbocycles. The van der Waals surface area contributed by atoms with E-state index in [1.165, 1.54) is 24.3 Å². The maximum atomic E-state index is 12.2. The maximum Gasteiger partial charge on any atom is 0.307 e. The molecule has 110 valence electrons. The molecule has 1 aliphatic heterocycles. The van der Waals surface area contributed by atoms with E-state index in [2.05, 4.69) is 4.72 Å². The summed E-state index contributed by atoms with van der Waals surface area (Å²) in [6, 6.07) is 5.85. The summed E-state index contributed by atoms with van der Waals surface area (Å²) < 4.78 is 32.3. The number of ether oxygens (including phenoxy) is 1. The maximum absolute atomic E-state index is 12.2. The molecule has 1 aromatic carbocycles. The standard InChI is InChI=1S/C13H17NO5S/c1-13(6-7-19-9-13)14-20(17,18)11-4-2-10(3-5-11)8-12(15)16/h2-5,14H,6-9H2,1H3,(H,15,16). The first-order valence-electron chi connectivity index (χ1n) is 6.23. The molecule has 1 aliphatic rings. The predicted octanol–water partition coefficient (Wildman–Crippen LogP) is 0.771. The van der Waals surface area contributed by atoms with Crippen LogP contribution >= 0.6 is 0 Å². The van der Waals surface area contributed by atoms with Crippen molar-refractivity contribution in [1.82, 2.24) is 4.72 Å². The zero-order valence-corrected chi connectivity index (χ0v) is 11.9. The second-order valence-electron chi connectivity index (χ2n) is 5.18. The third-order valence-electron chi connectivity index (χ3n) is 3.19. The van der Waals surface area contributed by atoms with Crippen molar-refractivity contribution in [1.29, 1.82) is 0 Å². The van der Waals surface area contributed by atoms with Crippen LogP contribution in [0.2, 0.25) is 0 Å². The number of benzene rings is 1. The molecule has 20 heavy (non-hydrogen) atoms. The molecule has 0 bridgehead atoms. The first-order valence-corrected chi connectivity index (χ1v) is 7.72. The fourth-order valence-corrected chi connectivity index (χ4v) is 3.51. The number of nitrogens with one attached hydrogen (secondary N) is 1. The summed E-state index contributed by atoms with van der Waals surface area (Å²) >= 11 is 0. The van der Waals surface area contributed by atoms with Crippen LogP contribution in [0.25, 0.3) is 0 Å². The van der Waals surface area contributed by atoms with Crippen LogP contribution in [-0.2, 0) is 26.0 Å². The lowest BCUT2D eigenvalue weighted by Gasteiger charge is -2.23. The minimum atomic E-state index is -3.62. The van der Waals surface area contributed by atoms with E-state index in [1.807, 2.05) is 0 Å². The number of carboxylic acids is 1. The van der Waals surface area contributed by atoms with Crippen LogP contribution in [0.1, 0.15) is 18.9 Å². The molecular formula is C13H17NO5S. The number of rotatable bonds is 5. The van der Waals surface area contributed by atoms with Gasteiger partial charge in [-0.1, -0.05) is 12.1 Å². The summed E-state index contributed by atoms with van der Waals surface area (Å²) in [4.78, 5) is 10.7. The Morgan fingerprint density at radius 1 is 1.40 bits per heavy atom. The Morgan fingerprint density at radius 2 is 2.05 bits per heavy atom. The Balaban J connectivity index is 2.15. The van der Waals surface area contributed by atoms with Crippen LogP contribution in [0.4, 0.5) is 0 Å². The zero-order chi connectivity index (χ0) is 14.8. The molecule has 0 amide bonds. The van der Waals surface area contributed by atoms with E-state index >= 15 is 0 Å². The summed E-state index contributed by atoms with van der Waals surface area (Å²) in [5, 5.41) is 8.68. The number of carboxylic acid groups (broad SMARTS) is 1. The summed E-state index contributed by atoms with van der Waals surface area (Å²) in [7, 11) is -3.62. The van der Waals surface area contributed by atoms with Crippen molar-refractivity contribution >= 4 is 16.0 Å². The molecular weight excluding hydrogens is 282 g/mol. The van der Waals surface area contributed by atoms with Gasteiger partial charge in [-0.05, 0) is 31.0 Å². The van der Waals surface area contributed by atoms with Gasteiger partial charge >= 0.3 is 5.97 Å². The quantitative estimate of drug-likeness (QED) is 0.838. The molecule has 6 nitrogen and oxygen atoms in total. The Labute approximate surface area is 117 Å². The van der Waals surface area contributed by atoms with Gasteiger partial charge in [-0.3, -0.25) is 4.79 Å². The third kappa shape index (κ3) is 3.56. The molecule has 2 N–H and O–H groups in total. The van der Waals surface area contributed by atoms with Crippen LogP contribution in [0, 0.1) is 0 Å². The molecule has 2 rings (SSSR count). The van der Waals surface area contributed by atoms with Gasteiger partial charge in [-0.2, -0.15) is 0 Å². The largest absolute Gasteiger partial charge is 0.481 e. The molecule has 0 radical (unpaired) electrons. The summed E-state index contributed by atoms with van der Waals surface area (Å²) in [5.41, 5.74) is -0.0228. The van der Waals surface area contributed by atoms with Gasteiger partial charge in [-0.15, -0.1) is 0 Å². The second kappa shape index (κ2) is 5.51. The molecule has 0 aliphatic carbocycles. The lowest BCUT2D eigenvalue weighted by Crippen LogP contribution is -2.46. The number of hydrogen-bond acceptors (Lipinski definition) is 4. The summed E-state index contributed by atoms with van der Waals surface area (Å²) in [6.07, 6.45) is 0.503. The molecule has 1 unspecified atom stereocenters. The number of aliphatic carboxylic acids is 1. The highest BCUT2D eigenvalue weighted by atomic mass is 32.2. The van der Waals surface area contributed by atoms with Gasteiger partial charge in [0.2, 0.25) is 10.0 Å². The predicted molar refractivity (Wildman–Crippen MR) is 71.9 cm³/mol. The fourth-order valence-electron chi connectivity index (χ4n) is 2.09. The zero-order valence-electron chi connectivity index (χ0n) is 11.1. The number of sulfonamides is 1. The average Bonchev–Trinajstić information content (AvgIpc) is 2.74. The second-order valence-corrected chi connectivity index (χ2v) is 6.87. The van der Waals surface area contributed by atoms with Gasteiger partial charge in [0.1, 0.15) is 0 Å². The molecule has 1 atom stereocenters. The van der Waals surface area contributed by atoms with Gasteiger partial charge < -0.3 is 9.84 Å². The molecule has 1 aromatic rings. The van der Waals surface area contributed by atoms with E-state index in [0.29, 0.717) is 25.2 Å². The lowest BCUT2D eigenvalue weighted by molar-refractivity contribution is -0.136. The van der Waals surface area contributed by atoms with Gasteiger partial charge in [0.05, 0.1) is 23.5 Å². The fraction of sp³-hybridized carbons (Fsp3) is 0.462. The Morgan fingerprint density at radius 3 is 2.55 bits per heavy atom. The van der Waals surface area contributed by atoms with Gasteiger partial charge in [0.25, 0.3) is 0 Å². The van der Waals surface area contributed by atoms with E-state index in [4.69, 9.17) is 9.84 Å². The summed E-state index contributed by atoms with van der Waals surface area (Å²) in [5.74, 6) is -0.950. The highest BCUT2D eigenvalue weighted by Gasteiger charge is 2.34. The molecule has 0 aromatic heterocycles. The van der Waals surface area contributed by atoms with Gasteiger partial charge in [0, 0.05) is 6.61 Å². The lowest BCUT2D eigenvalue weighted by atomic mass is 10.0. The first kappa shape index (κ1) is 15.0. The van der Waals surface area contributed by atoms with E-state index in [0.717, 1.165) is 0 Å². The molecule has 7 heteroatoms. The Kier molecular flexibility index (Phi) is 4.12. The molecule has 1 saturated heterocycles. The van der Waals surface area contributed by atoms with Crippen LogP contribution in [-0.4, -0.2) is 38.2 Å². The summed E-state index contributed by atoms with van der Waals surface area (Å²) in [6.45, 7) is 2.69. The first-order chi connectivity index (χ1) is 9.31. The molecule has 0 spiro atoms. The molecule has 1 fully saturated rings. The van der Waals surface area contributed by atoms with Crippen molar-refractivity contribution < 1.29 is 23.1 Å². The van der Waals surface area contributed by atoms with Gasteiger partial charge in [0.15, 0.2) is 0 Å².